The molecule has 0 atom stereocenters. The summed E-state index contributed by atoms with van der Waals surface area (Å²) >= 11 is 0. The predicted molar refractivity (Wildman–Crippen MR) is 100 cm³/mol. The highest BCUT2D eigenvalue weighted by Gasteiger charge is 2.30. The summed E-state index contributed by atoms with van der Waals surface area (Å²) in [6.07, 6.45) is 3.85. The quantitative estimate of drug-likeness (QED) is 0.738. The van der Waals surface area contributed by atoms with Gasteiger partial charge in [0.2, 0.25) is 10.0 Å². The molecule has 0 spiro atoms. The van der Waals surface area contributed by atoms with Crippen LogP contribution in [0.25, 0.3) is 10.8 Å². The van der Waals surface area contributed by atoms with Crippen LogP contribution in [0.2, 0.25) is 0 Å². The van der Waals surface area contributed by atoms with Crippen LogP contribution < -0.4 is 9.88 Å². The molecule has 0 radical (unpaired) electrons. The fraction of sp³-hybridized carbons (Fsp3) is 0.250. The number of nitrogens with one attached hydrogen (secondary N) is 2. The third-order valence-electron chi connectivity index (χ3n) is 5.03. The molecule has 4 rings (SSSR count). The first kappa shape index (κ1) is 17.1. The molecule has 0 saturated carbocycles. The second-order valence-electron chi connectivity index (χ2n) is 6.75. The standard InChI is InChI=1S/C20H21N3O2S/c24-26(25,20-6-5-18-3-1-2-4-19(18)15-20)23-13-11-22(12-14-23)16-17-7-9-21-10-8-17/h1-10,15H,11-14,16H2/p+2. The molecule has 1 aliphatic heterocycles. The van der Waals surface area contributed by atoms with Gasteiger partial charge >= 0.3 is 0 Å². The molecule has 26 heavy (non-hydrogen) atoms. The van der Waals surface area contributed by atoms with Crippen LogP contribution in [0.3, 0.4) is 0 Å². The number of aromatic nitrogens is 1. The van der Waals surface area contributed by atoms with Crippen molar-refractivity contribution < 1.29 is 18.3 Å². The minimum absolute atomic E-state index is 0.387. The minimum Gasteiger partial charge on any atom is -0.329 e. The summed E-state index contributed by atoms with van der Waals surface area (Å²) in [7, 11) is -3.43. The van der Waals surface area contributed by atoms with E-state index in [9.17, 15) is 8.42 Å². The smallest absolute Gasteiger partial charge is 0.243 e. The molecule has 0 amide bonds. The van der Waals surface area contributed by atoms with Gasteiger partial charge in [-0.25, -0.2) is 13.4 Å². The Bertz CT molecular complexity index is 998. The minimum atomic E-state index is -3.43. The molecule has 5 nitrogen and oxygen atoms in total. The zero-order chi connectivity index (χ0) is 18.0. The number of fused-ring (bicyclic) bond motifs is 1. The highest BCUT2D eigenvalue weighted by molar-refractivity contribution is 7.89. The Hall–Kier alpha value is -2.28. The van der Waals surface area contributed by atoms with Gasteiger partial charge < -0.3 is 4.90 Å². The number of pyridine rings is 1. The number of hydrogen-bond acceptors (Lipinski definition) is 2. The summed E-state index contributed by atoms with van der Waals surface area (Å²) in [5, 5.41) is 2.01. The van der Waals surface area contributed by atoms with Crippen molar-refractivity contribution in [2.75, 3.05) is 26.2 Å². The lowest BCUT2D eigenvalue weighted by Gasteiger charge is -2.31. The largest absolute Gasteiger partial charge is 0.329 e. The van der Waals surface area contributed by atoms with Gasteiger partial charge in [-0.3, -0.25) is 0 Å². The molecule has 1 aromatic heterocycles. The van der Waals surface area contributed by atoms with Crippen molar-refractivity contribution in [3.8, 4) is 0 Å². The number of aromatic amines is 1. The predicted octanol–water partition coefficient (Wildman–Crippen LogP) is 0.743. The molecule has 1 aliphatic rings. The third-order valence-corrected chi connectivity index (χ3v) is 6.92. The average molecular weight is 369 g/mol. The SMILES string of the molecule is O=S(=O)(c1ccc2ccccc2c1)N1CC[NH+](Cc2cc[nH+]cc2)CC1. The van der Waals surface area contributed by atoms with E-state index in [-0.39, 0.29) is 0 Å². The van der Waals surface area contributed by atoms with Crippen LogP contribution in [0.4, 0.5) is 0 Å². The van der Waals surface area contributed by atoms with Crippen LogP contribution in [-0.2, 0) is 16.6 Å². The van der Waals surface area contributed by atoms with Crippen LogP contribution in [0, 0.1) is 0 Å². The number of H-pyrrole nitrogens is 1. The maximum atomic E-state index is 13.0. The molecule has 0 unspecified atom stereocenters. The fourth-order valence-corrected chi connectivity index (χ4v) is 5.00. The van der Waals surface area contributed by atoms with E-state index in [1.54, 1.807) is 16.4 Å². The van der Waals surface area contributed by atoms with Crippen molar-refractivity contribution in [3.05, 3.63) is 72.6 Å². The van der Waals surface area contributed by atoms with E-state index in [1.165, 1.54) is 10.5 Å². The van der Waals surface area contributed by atoms with Gasteiger partial charge in [-0.1, -0.05) is 30.3 Å². The Morgan fingerprint density at radius 3 is 2.35 bits per heavy atom. The van der Waals surface area contributed by atoms with E-state index < -0.39 is 10.0 Å². The van der Waals surface area contributed by atoms with Crippen LogP contribution in [-0.4, -0.2) is 38.9 Å². The molecule has 0 aliphatic carbocycles. The van der Waals surface area contributed by atoms with Crippen molar-refractivity contribution >= 4 is 20.8 Å². The molecule has 6 heteroatoms. The maximum absolute atomic E-state index is 13.0. The number of benzene rings is 2. The normalized spacial score (nSPS) is 16.8. The van der Waals surface area contributed by atoms with Crippen molar-refractivity contribution in [2.24, 2.45) is 0 Å². The molecule has 1 saturated heterocycles. The van der Waals surface area contributed by atoms with Gasteiger partial charge in [0.15, 0.2) is 12.4 Å². The lowest BCUT2D eigenvalue weighted by atomic mass is 10.1. The van der Waals surface area contributed by atoms with Crippen LogP contribution >= 0.6 is 0 Å². The van der Waals surface area contributed by atoms with Gasteiger partial charge in [0.1, 0.15) is 6.54 Å². The Balaban J connectivity index is 1.47. The summed E-state index contributed by atoms with van der Waals surface area (Å²) in [6, 6.07) is 17.4. The number of quaternary nitrogens is 1. The summed E-state index contributed by atoms with van der Waals surface area (Å²) in [5.74, 6) is 0. The molecule has 3 aromatic rings. The Morgan fingerprint density at radius 2 is 1.62 bits per heavy atom. The molecule has 2 heterocycles. The fourth-order valence-electron chi connectivity index (χ4n) is 3.52. The lowest BCUT2D eigenvalue weighted by molar-refractivity contribution is -0.917. The number of piperazine rings is 1. The molecule has 134 valence electrons. The van der Waals surface area contributed by atoms with Gasteiger partial charge in [0, 0.05) is 17.7 Å². The molecular formula is C20H23N3O2S+2. The molecule has 2 aromatic carbocycles. The molecular weight excluding hydrogens is 346 g/mol. The Kier molecular flexibility index (Phi) is 4.72. The van der Waals surface area contributed by atoms with Gasteiger partial charge in [0.25, 0.3) is 0 Å². The van der Waals surface area contributed by atoms with Gasteiger partial charge in [-0.15, -0.1) is 0 Å². The highest BCUT2D eigenvalue weighted by Crippen LogP contribution is 2.21. The molecule has 1 fully saturated rings. The molecule has 2 N–H and O–H groups in total. The van der Waals surface area contributed by atoms with E-state index >= 15 is 0 Å². The topological polar surface area (TPSA) is 56.0 Å². The average Bonchev–Trinajstić information content (AvgIpc) is 2.69. The van der Waals surface area contributed by atoms with Crippen molar-refractivity contribution in [1.82, 2.24) is 4.31 Å². The summed E-state index contributed by atoms with van der Waals surface area (Å²) < 4.78 is 27.6. The van der Waals surface area contributed by atoms with Crippen LogP contribution in [0.15, 0.2) is 71.9 Å². The second kappa shape index (κ2) is 7.15. The van der Waals surface area contributed by atoms with Gasteiger partial charge in [-0.05, 0) is 22.9 Å². The maximum Gasteiger partial charge on any atom is 0.243 e. The van der Waals surface area contributed by atoms with Crippen molar-refractivity contribution in [1.29, 1.82) is 0 Å². The first-order valence-electron chi connectivity index (χ1n) is 8.90. The van der Waals surface area contributed by atoms with Crippen molar-refractivity contribution in [3.63, 3.8) is 0 Å². The molecule has 0 bridgehead atoms. The first-order chi connectivity index (χ1) is 12.6. The highest BCUT2D eigenvalue weighted by atomic mass is 32.2. The third kappa shape index (κ3) is 3.49. The van der Waals surface area contributed by atoms with Gasteiger partial charge in [-0.2, -0.15) is 4.31 Å². The number of hydrogen-bond donors (Lipinski definition) is 1. The number of sulfonamides is 1. The van der Waals surface area contributed by atoms with E-state index in [1.807, 2.05) is 42.7 Å². The van der Waals surface area contributed by atoms with Gasteiger partial charge in [0.05, 0.1) is 31.1 Å². The zero-order valence-corrected chi connectivity index (χ0v) is 15.4. The number of rotatable bonds is 4. The van der Waals surface area contributed by atoms with Crippen LogP contribution in [0.5, 0.6) is 0 Å². The summed E-state index contributed by atoms with van der Waals surface area (Å²) in [4.78, 5) is 4.84. The number of nitrogens with zero attached hydrogens (tertiary/aromatic N) is 1. The summed E-state index contributed by atoms with van der Waals surface area (Å²) in [6.45, 7) is 3.70. The summed E-state index contributed by atoms with van der Waals surface area (Å²) in [5.41, 5.74) is 1.27. The lowest BCUT2D eigenvalue weighted by Crippen LogP contribution is -3.13. The van der Waals surface area contributed by atoms with E-state index in [2.05, 4.69) is 17.1 Å². The van der Waals surface area contributed by atoms with E-state index in [0.717, 1.165) is 30.4 Å². The Labute approximate surface area is 153 Å². The van der Waals surface area contributed by atoms with E-state index in [0.29, 0.717) is 18.0 Å². The second-order valence-corrected chi connectivity index (χ2v) is 8.69. The van der Waals surface area contributed by atoms with E-state index in [4.69, 9.17) is 0 Å². The van der Waals surface area contributed by atoms with Crippen LogP contribution in [0.1, 0.15) is 5.56 Å². The first-order valence-corrected chi connectivity index (χ1v) is 10.3. The zero-order valence-electron chi connectivity index (χ0n) is 14.6. The monoisotopic (exact) mass is 369 g/mol. The van der Waals surface area contributed by atoms with Crippen molar-refractivity contribution in [2.45, 2.75) is 11.4 Å². The Morgan fingerprint density at radius 1 is 0.923 bits per heavy atom.